The number of ether oxygens (including phenoxy) is 1. The third-order valence-electron chi connectivity index (χ3n) is 6.51. The number of pyridine rings is 2. The maximum Gasteiger partial charge on any atom is 0.259 e. The van der Waals surface area contributed by atoms with E-state index in [-0.39, 0.29) is 43.0 Å². The number of carbonyl (C=O) groups excluding carboxylic acids is 1. The van der Waals surface area contributed by atoms with Gasteiger partial charge in [-0.3, -0.25) is 9.78 Å². The highest BCUT2D eigenvalue weighted by molar-refractivity contribution is 7.89. The van der Waals surface area contributed by atoms with Crippen molar-refractivity contribution in [2.45, 2.75) is 30.9 Å². The normalized spacial score (nSPS) is 18.3. The number of halogens is 1. The van der Waals surface area contributed by atoms with Crippen LogP contribution in [0.15, 0.2) is 66.0 Å². The average Bonchev–Trinajstić information content (AvgIpc) is 2.94. The van der Waals surface area contributed by atoms with Crippen LogP contribution in [-0.2, 0) is 10.0 Å². The summed E-state index contributed by atoms with van der Waals surface area (Å²) in [6.45, 7) is 3.33. The molecule has 2 aromatic heterocycles. The SMILES string of the molecule is C[C@@H]1CN([C@H](C)CO)C(=O)c2cc(C#Cc3ccncc3)cnc2O[C@H]1CN(C)S(=O)(=O)c1ccccc1F. The average molecular weight is 553 g/mol. The van der Waals surface area contributed by atoms with Gasteiger partial charge in [-0.1, -0.05) is 30.9 Å². The van der Waals surface area contributed by atoms with Crippen molar-refractivity contribution in [1.29, 1.82) is 0 Å². The minimum Gasteiger partial charge on any atom is -0.472 e. The second kappa shape index (κ2) is 11.9. The standard InChI is InChI=1S/C28H29FN4O5S/c1-19-16-33(20(2)18-34)28(35)23-14-22(9-8-21-10-12-30-13-11-21)15-31-27(23)38-25(19)17-32(3)39(36,37)26-7-5-4-6-24(26)29/h4-7,10-15,19-20,25,34H,16-18H2,1-3H3/t19-,20-,25+/m1/s1. The lowest BCUT2D eigenvalue weighted by Gasteiger charge is -2.37. The molecule has 39 heavy (non-hydrogen) atoms. The number of fused-ring (bicyclic) bond motifs is 1. The summed E-state index contributed by atoms with van der Waals surface area (Å²) in [6, 6.07) is 9.73. The summed E-state index contributed by atoms with van der Waals surface area (Å²) in [7, 11) is -2.81. The van der Waals surface area contributed by atoms with Crippen molar-refractivity contribution in [3.05, 3.63) is 83.6 Å². The lowest BCUT2D eigenvalue weighted by atomic mass is 10.0. The Bertz CT molecular complexity index is 1510. The highest BCUT2D eigenvalue weighted by Gasteiger charge is 2.36. The molecule has 0 aliphatic carbocycles. The van der Waals surface area contributed by atoms with Gasteiger partial charge in [0.05, 0.1) is 19.2 Å². The molecule has 0 radical (unpaired) electrons. The number of aliphatic hydroxyl groups is 1. The molecule has 1 aliphatic rings. The Hall–Kier alpha value is -3.85. The molecule has 1 N–H and O–H groups in total. The molecule has 9 nitrogen and oxygen atoms in total. The lowest BCUT2D eigenvalue weighted by molar-refractivity contribution is 0.0373. The van der Waals surface area contributed by atoms with Crippen molar-refractivity contribution in [1.82, 2.24) is 19.2 Å². The van der Waals surface area contributed by atoms with Crippen LogP contribution in [0, 0.1) is 23.6 Å². The first-order chi connectivity index (χ1) is 18.6. The quantitative estimate of drug-likeness (QED) is 0.468. The molecule has 1 amide bonds. The van der Waals surface area contributed by atoms with Crippen molar-refractivity contribution < 1.29 is 27.4 Å². The maximum absolute atomic E-state index is 14.3. The zero-order chi connectivity index (χ0) is 28.2. The fourth-order valence-electron chi connectivity index (χ4n) is 4.14. The lowest BCUT2D eigenvalue weighted by Crippen LogP contribution is -2.50. The van der Waals surface area contributed by atoms with E-state index in [9.17, 15) is 22.7 Å². The molecule has 204 valence electrons. The number of aliphatic hydroxyl groups excluding tert-OH is 1. The van der Waals surface area contributed by atoms with Crippen molar-refractivity contribution >= 4 is 15.9 Å². The summed E-state index contributed by atoms with van der Waals surface area (Å²) in [5.41, 5.74) is 1.36. The largest absolute Gasteiger partial charge is 0.472 e. The Morgan fingerprint density at radius 1 is 1.21 bits per heavy atom. The number of nitrogens with zero attached hydrogens (tertiary/aromatic N) is 4. The number of aromatic nitrogens is 2. The molecule has 0 spiro atoms. The molecule has 1 aromatic carbocycles. The monoisotopic (exact) mass is 552 g/mol. The van der Waals surface area contributed by atoms with E-state index < -0.39 is 32.9 Å². The summed E-state index contributed by atoms with van der Waals surface area (Å²) >= 11 is 0. The third kappa shape index (κ3) is 6.25. The van der Waals surface area contributed by atoms with Crippen molar-refractivity contribution in [3.8, 4) is 17.7 Å². The molecule has 4 rings (SSSR count). The van der Waals surface area contributed by atoms with Gasteiger partial charge in [0, 0.05) is 49.2 Å². The molecule has 0 bridgehead atoms. The van der Waals surface area contributed by atoms with Crippen LogP contribution in [0.5, 0.6) is 5.88 Å². The van der Waals surface area contributed by atoms with E-state index in [1.54, 1.807) is 37.5 Å². The maximum atomic E-state index is 14.3. The van der Waals surface area contributed by atoms with Gasteiger partial charge in [-0.25, -0.2) is 17.8 Å². The smallest absolute Gasteiger partial charge is 0.259 e. The predicted molar refractivity (Wildman–Crippen MR) is 142 cm³/mol. The zero-order valence-electron chi connectivity index (χ0n) is 21.8. The topological polar surface area (TPSA) is 113 Å². The number of benzene rings is 1. The second-order valence-corrected chi connectivity index (χ2v) is 11.4. The van der Waals surface area contributed by atoms with Crippen LogP contribution in [0.2, 0.25) is 0 Å². The van der Waals surface area contributed by atoms with Gasteiger partial charge in [-0.15, -0.1) is 0 Å². The summed E-state index contributed by atoms with van der Waals surface area (Å²) in [5.74, 6) is 4.41. The number of amides is 1. The van der Waals surface area contributed by atoms with Gasteiger partial charge < -0.3 is 14.7 Å². The molecule has 0 saturated carbocycles. The number of likely N-dealkylation sites (N-methyl/N-ethyl adjacent to an activating group) is 1. The van der Waals surface area contributed by atoms with E-state index >= 15 is 0 Å². The number of carbonyl (C=O) groups is 1. The van der Waals surface area contributed by atoms with E-state index in [0.29, 0.717) is 5.56 Å². The van der Waals surface area contributed by atoms with Crippen LogP contribution < -0.4 is 4.74 Å². The number of sulfonamides is 1. The molecule has 11 heteroatoms. The van der Waals surface area contributed by atoms with E-state index in [0.717, 1.165) is 15.9 Å². The van der Waals surface area contributed by atoms with Crippen LogP contribution in [-0.4, -0.2) is 77.5 Å². The van der Waals surface area contributed by atoms with Gasteiger partial charge in [0.1, 0.15) is 22.4 Å². The summed E-state index contributed by atoms with van der Waals surface area (Å²) in [5, 5.41) is 9.84. The Balaban J connectivity index is 1.69. The van der Waals surface area contributed by atoms with Crippen LogP contribution in [0.4, 0.5) is 4.39 Å². The van der Waals surface area contributed by atoms with E-state index in [2.05, 4.69) is 21.8 Å². The Labute approximate surface area is 227 Å². The van der Waals surface area contributed by atoms with Gasteiger partial charge in [0.25, 0.3) is 5.91 Å². The van der Waals surface area contributed by atoms with E-state index in [4.69, 9.17) is 4.74 Å². The molecule has 0 saturated heterocycles. The highest BCUT2D eigenvalue weighted by Crippen LogP contribution is 2.28. The Morgan fingerprint density at radius 3 is 2.59 bits per heavy atom. The van der Waals surface area contributed by atoms with Crippen LogP contribution in [0.25, 0.3) is 0 Å². The molecule has 0 unspecified atom stereocenters. The molecule has 3 atom stereocenters. The van der Waals surface area contributed by atoms with E-state index in [1.807, 2.05) is 6.92 Å². The van der Waals surface area contributed by atoms with Crippen LogP contribution in [0.3, 0.4) is 0 Å². The van der Waals surface area contributed by atoms with Gasteiger partial charge >= 0.3 is 0 Å². The van der Waals surface area contributed by atoms with Crippen LogP contribution in [0.1, 0.15) is 35.3 Å². The van der Waals surface area contributed by atoms with Crippen LogP contribution >= 0.6 is 0 Å². The number of hydrogen-bond acceptors (Lipinski definition) is 7. The van der Waals surface area contributed by atoms with Crippen molar-refractivity contribution in [2.75, 3.05) is 26.7 Å². The fourth-order valence-corrected chi connectivity index (χ4v) is 5.39. The Morgan fingerprint density at radius 2 is 1.90 bits per heavy atom. The minimum absolute atomic E-state index is 0.0258. The molecule has 1 aliphatic heterocycles. The van der Waals surface area contributed by atoms with Crippen molar-refractivity contribution in [3.63, 3.8) is 0 Å². The summed E-state index contributed by atoms with van der Waals surface area (Å²) in [6.07, 6.45) is 3.99. The Kier molecular flexibility index (Phi) is 8.60. The molecule has 3 aromatic rings. The van der Waals surface area contributed by atoms with E-state index in [1.165, 1.54) is 36.3 Å². The number of rotatable bonds is 6. The molecule has 0 fully saturated rings. The van der Waals surface area contributed by atoms with Gasteiger partial charge in [-0.2, -0.15) is 4.31 Å². The number of hydrogen-bond donors (Lipinski definition) is 1. The highest BCUT2D eigenvalue weighted by atomic mass is 32.2. The molecular formula is C28H29FN4O5S. The molecule has 3 heterocycles. The fraction of sp³-hybridized carbons (Fsp3) is 0.321. The predicted octanol–water partition coefficient (Wildman–Crippen LogP) is 2.56. The summed E-state index contributed by atoms with van der Waals surface area (Å²) in [4.78, 5) is 23.0. The first-order valence-corrected chi connectivity index (χ1v) is 13.8. The van der Waals surface area contributed by atoms with Gasteiger partial charge in [0.15, 0.2) is 0 Å². The zero-order valence-corrected chi connectivity index (χ0v) is 22.6. The summed E-state index contributed by atoms with van der Waals surface area (Å²) < 4.78 is 47.8. The van der Waals surface area contributed by atoms with Gasteiger partial charge in [0.2, 0.25) is 15.9 Å². The first-order valence-electron chi connectivity index (χ1n) is 12.3. The first kappa shape index (κ1) is 28.2. The minimum atomic E-state index is -4.16. The molecular weight excluding hydrogens is 523 g/mol. The van der Waals surface area contributed by atoms with Crippen molar-refractivity contribution in [2.24, 2.45) is 5.92 Å². The second-order valence-electron chi connectivity index (χ2n) is 9.40. The third-order valence-corrected chi connectivity index (χ3v) is 8.37. The van der Waals surface area contributed by atoms with Gasteiger partial charge in [-0.05, 0) is 37.3 Å².